The monoisotopic (exact) mass is 391 g/mol. The van der Waals surface area contributed by atoms with Gasteiger partial charge in [0.15, 0.2) is 0 Å². The Morgan fingerprint density at radius 3 is 2.61 bits per heavy atom. The first-order valence-corrected chi connectivity index (χ1v) is 8.25. The summed E-state index contributed by atoms with van der Waals surface area (Å²) >= 11 is 0. The number of tetrazole rings is 1. The van der Waals surface area contributed by atoms with Crippen LogP contribution in [0.3, 0.4) is 0 Å². The topological polar surface area (TPSA) is 81.9 Å². The fourth-order valence-electron chi connectivity index (χ4n) is 2.43. The first-order valence-electron chi connectivity index (χ1n) is 8.25. The van der Waals surface area contributed by atoms with Gasteiger partial charge in [-0.25, -0.2) is 0 Å². The quantitative estimate of drug-likeness (QED) is 0.699. The van der Waals surface area contributed by atoms with Crippen LogP contribution in [0.5, 0.6) is 5.75 Å². The number of hydrogen-bond donors (Lipinski definition) is 1. The molecule has 1 N–H and O–H groups in total. The maximum absolute atomic E-state index is 12.6. The van der Waals surface area contributed by atoms with Crippen molar-refractivity contribution in [3.8, 4) is 11.4 Å². The Labute approximate surface area is 158 Å². The number of alkyl halides is 3. The molecule has 7 nitrogen and oxygen atoms in total. The molecule has 0 aliphatic rings. The van der Waals surface area contributed by atoms with Crippen molar-refractivity contribution in [3.63, 3.8) is 0 Å². The largest absolute Gasteiger partial charge is 0.497 e. The molecule has 1 amide bonds. The molecular weight excluding hydrogens is 375 g/mol. The van der Waals surface area contributed by atoms with Crippen LogP contribution in [-0.2, 0) is 12.6 Å². The van der Waals surface area contributed by atoms with E-state index >= 15 is 0 Å². The minimum atomic E-state index is -4.43. The molecule has 3 aromatic rings. The van der Waals surface area contributed by atoms with E-state index in [1.54, 1.807) is 7.11 Å². The van der Waals surface area contributed by atoms with Gasteiger partial charge in [0.2, 0.25) is 0 Å². The van der Waals surface area contributed by atoms with Crippen molar-refractivity contribution in [3.05, 3.63) is 65.5 Å². The number of amides is 1. The minimum absolute atomic E-state index is 0.175. The highest BCUT2D eigenvalue weighted by atomic mass is 19.4. The van der Waals surface area contributed by atoms with Crippen LogP contribution in [0.1, 0.15) is 21.7 Å². The summed E-state index contributed by atoms with van der Waals surface area (Å²) in [6.45, 7) is 0.348. The van der Waals surface area contributed by atoms with Crippen LogP contribution >= 0.6 is 0 Å². The van der Waals surface area contributed by atoms with Crippen LogP contribution in [0.2, 0.25) is 0 Å². The third kappa shape index (κ3) is 4.64. The molecule has 0 spiro atoms. The first kappa shape index (κ1) is 19.3. The van der Waals surface area contributed by atoms with Crippen LogP contribution in [0, 0.1) is 0 Å². The Hall–Kier alpha value is -3.43. The second-order valence-electron chi connectivity index (χ2n) is 5.80. The van der Waals surface area contributed by atoms with Crippen LogP contribution in [-0.4, -0.2) is 39.8 Å². The Bertz CT molecular complexity index is 954. The number of halogens is 3. The van der Waals surface area contributed by atoms with E-state index < -0.39 is 17.6 Å². The highest BCUT2D eigenvalue weighted by Gasteiger charge is 2.30. The van der Waals surface area contributed by atoms with E-state index in [2.05, 4.69) is 20.7 Å². The fourth-order valence-corrected chi connectivity index (χ4v) is 2.43. The molecule has 3 rings (SSSR count). The van der Waals surface area contributed by atoms with E-state index in [0.29, 0.717) is 13.0 Å². The van der Waals surface area contributed by atoms with E-state index in [4.69, 9.17) is 4.74 Å². The molecule has 2 aromatic carbocycles. The summed E-state index contributed by atoms with van der Waals surface area (Å²) in [4.78, 5) is 13.1. The van der Waals surface area contributed by atoms with Gasteiger partial charge in [0.05, 0.1) is 18.4 Å². The average molecular weight is 391 g/mol. The average Bonchev–Trinajstić information content (AvgIpc) is 3.18. The lowest BCUT2D eigenvalue weighted by Gasteiger charge is -2.06. The first-order chi connectivity index (χ1) is 13.4. The number of hydrogen-bond acceptors (Lipinski definition) is 5. The molecular formula is C18H16F3N5O2. The lowest BCUT2D eigenvalue weighted by atomic mass is 10.1. The number of benzene rings is 2. The molecule has 0 radical (unpaired) electrons. The zero-order valence-electron chi connectivity index (χ0n) is 14.8. The molecule has 0 aliphatic heterocycles. The van der Waals surface area contributed by atoms with E-state index in [1.165, 1.54) is 12.1 Å². The normalized spacial score (nSPS) is 11.3. The molecule has 0 saturated carbocycles. The summed E-state index contributed by atoms with van der Waals surface area (Å²) < 4.78 is 43.0. The smallest absolute Gasteiger partial charge is 0.416 e. The Morgan fingerprint density at radius 1 is 1.18 bits per heavy atom. The number of nitrogens with one attached hydrogen (secondary N) is 1. The van der Waals surface area contributed by atoms with Gasteiger partial charge >= 0.3 is 6.18 Å². The van der Waals surface area contributed by atoms with Crippen molar-refractivity contribution in [2.24, 2.45) is 0 Å². The molecule has 0 unspecified atom stereocenters. The number of carbonyl (C=O) groups excluding carboxylic acids is 1. The third-order valence-electron chi connectivity index (χ3n) is 3.88. The summed E-state index contributed by atoms with van der Waals surface area (Å²) in [5, 5.41) is 13.9. The summed E-state index contributed by atoms with van der Waals surface area (Å²) in [6.07, 6.45) is -3.85. The zero-order valence-corrected chi connectivity index (χ0v) is 14.8. The lowest BCUT2D eigenvalue weighted by molar-refractivity contribution is -0.137. The van der Waals surface area contributed by atoms with Gasteiger partial charge in [0.25, 0.3) is 11.7 Å². The van der Waals surface area contributed by atoms with Gasteiger partial charge in [0, 0.05) is 6.54 Å². The van der Waals surface area contributed by atoms with Gasteiger partial charge < -0.3 is 10.1 Å². The van der Waals surface area contributed by atoms with Crippen LogP contribution < -0.4 is 10.1 Å². The molecule has 1 aromatic heterocycles. The molecule has 0 bridgehead atoms. The van der Waals surface area contributed by atoms with Gasteiger partial charge in [-0.1, -0.05) is 12.1 Å². The molecule has 146 valence electrons. The highest BCUT2D eigenvalue weighted by molar-refractivity contribution is 5.90. The van der Waals surface area contributed by atoms with Crippen LogP contribution in [0.15, 0.2) is 48.5 Å². The number of carbonyl (C=O) groups is 1. The van der Waals surface area contributed by atoms with Crippen molar-refractivity contribution in [2.75, 3.05) is 13.7 Å². The Balaban J connectivity index is 1.59. The van der Waals surface area contributed by atoms with Gasteiger partial charge in [-0.15, -0.1) is 15.0 Å². The van der Waals surface area contributed by atoms with Gasteiger partial charge in [0.1, 0.15) is 5.75 Å². The minimum Gasteiger partial charge on any atom is -0.497 e. The van der Waals surface area contributed by atoms with Gasteiger partial charge in [-0.3, -0.25) is 4.79 Å². The van der Waals surface area contributed by atoms with Gasteiger partial charge in [-0.05, 0) is 53.6 Å². The van der Waals surface area contributed by atoms with E-state index in [9.17, 15) is 18.0 Å². The summed E-state index contributed by atoms with van der Waals surface area (Å²) in [6, 6.07) is 11.7. The fraction of sp³-hybridized carbons (Fsp3) is 0.222. The number of methoxy groups -OCH3 is 1. The van der Waals surface area contributed by atoms with E-state index in [1.807, 2.05) is 24.3 Å². The van der Waals surface area contributed by atoms with E-state index in [0.717, 1.165) is 28.2 Å². The summed E-state index contributed by atoms with van der Waals surface area (Å²) in [5.41, 5.74) is 0.462. The number of ether oxygens (including phenoxy) is 1. The maximum atomic E-state index is 12.6. The van der Waals surface area contributed by atoms with E-state index in [-0.39, 0.29) is 11.5 Å². The molecule has 0 aliphatic carbocycles. The number of rotatable bonds is 6. The third-order valence-corrected chi connectivity index (χ3v) is 3.88. The number of aromatic nitrogens is 4. The molecule has 0 atom stereocenters. The summed E-state index contributed by atoms with van der Waals surface area (Å²) in [5.74, 6) is 0.0246. The highest BCUT2D eigenvalue weighted by Crippen LogP contribution is 2.29. The lowest BCUT2D eigenvalue weighted by Crippen LogP contribution is -2.26. The molecule has 10 heteroatoms. The van der Waals surface area contributed by atoms with Crippen LogP contribution in [0.4, 0.5) is 13.2 Å². The molecule has 0 fully saturated rings. The van der Waals surface area contributed by atoms with Crippen molar-refractivity contribution in [2.45, 2.75) is 12.6 Å². The molecule has 0 saturated heterocycles. The maximum Gasteiger partial charge on any atom is 0.416 e. The van der Waals surface area contributed by atoms with Crippen molar-refractivity contribution >= 4 is 5.91 Å². The SMILES string of the molecule is COc1cccc(CCNC(=O)c2nnn(-c3ccc(C(F)(F)F)cc3)n2)c1. The Kier molecular flexibility index (Phi) is 5.57. The molecule has 1 heterocycles. The molecule has 28 heavy (non-hydrogen) atoms. The second kappa shape index (κ2) is 8.07. The number of nitrogens with zero attached hydrogens (tertiary/aromatic N) is 4. The van der Waals surface area contributed by atoms with Crippen molar-refractivity contribution in [1.29, 1.82) is 0 Å². The predicted octanol–water partition coefficient (Wildman–Crippen LogP) is 2.66. The van der Waals surface area contributed by atoms with Crippen molar-refractivity contribution in [1.82, 2.24) is 25.5 Å². The summed E-state index contributed by atoms with van der Waals surface area (Å²) in [7, 11) is 1.58. The van der Waals surface area contributed by atoms with Gasteiger partial charge in [-0.2, -0.15) is 13.2 Å². The van der Waals surface area contributed by atoms with Crippen molar-refractivity contribution < 1.29 is 22.7 Å². The Morgan fingerprint density at radius 2 is 1.93 bits per heavy atom. The zero-order chi connectivity index (χ0) is 20.1. The predicted molar refractivity (Wildman–Crippen MR) is 93.2 cm³/mol. The van der Waals surface area contributed by atoms with Crippen LogP contribution in [0.25, 0.3) is 5.69 Å². The second-order valence-corrected chi connectivity index (χ2v) is 5.80. The standard InChI is InChI=1S/C18H16F3N5O2/c1-28-15-4-2-3-12(11-15)9-10-22-17(27)16-23-25-26(24-16)14-7-5-13(6-8-14)18(19,20)21/h2-8,11H,9-10H2,1H3,(H,22,27).